The van der Waals surface area contributed by atoms with Gasteiger partial charge in [0.15, 0.2) is 5.13 Å². The number of nitrogens with zero attached hydrogens (tertiary/aromatic N) is 7. The summed E-state index contributed by atoms with van der Waals surface area (Å²) in [6.45, 7) is 6.19. The van der Waals surface area contributed by atoms with E-state index in [2.05, 4.69) is 41.9 Å². The van der Waals surface area contributed by atoms with E-state index in [9.17, 15) is 5.26 Å². The zero-order chi connectivity index (χ0) is 26.9. The number of benzene rings is 1. The largest absolute Gasteiger partial charge is 0.317 e. The van der Waals surface area contributed by atoms with E-state index in [0.717, 1.165) is 77.2 Å². The third kappa shape index (κ3) is 4.78. The maximum Gasteiger partial charge on any atom is 0.192 e. The van der Waals surface area contributed by atoms with Crippen molar-refractivity contribution in [1.29, 1.82) is 5.26 Å². The van der Waals surface area contributed by atoms with E-state index >= 15 is 0 Å². The molecule has 1 N–H and O–H groups in total. The zero-order valence-corrected chi connectivity index (χ0v) is 23.2. The number of thiazole rings is 1. The van der Waals surface area contributed by atoms with E-state index in [-0.39, 0.29) is 0 Å². The molecule has 0 saturated carbocycles. The zero-order valence-electron chi connectivity index (χ0n) is 22.3. The molecule has 0 spiro atoms. The Hall–Kier alpha value is -4.13. The van der Waals surface area contributed by atoms with Crippen molar-refractivity contribution in [2.45, 2.75) is 39.0 Å². The first kappa shape index (κ1) is 25.2. The van der Waals surface area contributed by atoms with Gasteiger partial charge in [-0.2, -0.15) is 5.26 Å². The number of hydrogen-bond acceptors (Lipinski definition) is 8. The van der Waals surface area contributed by atoms with Gasteiger partial charge in [-0.25, -0.2) is 19.9 Å². The fourth-order valence-corrected chi connectivity index (χ4v) is 6.00. The highest BCUT2D eigenvalue weighted by molar-refractivity contribution is 7.16. The van der Waals surface area contributed by atoms with Crippen LogP contribution in [0.3, 0.4) is 0 Å². The number of pyridine rings is 1. The summed E-state index contributed by atoms with van der Waals surface area (Å²) < 4.78 is 2.11. The highest BCUT2D eigenvalue weighted by Gasteiger charge is 2.22. The van der Waals surface area contributed by atoms with Crippen LogP contribution in [-0.4, -0.2) is 44.5 Å². The lowest BCUT2D eigenvalue weighted by atomic mass is 9.97. The van der Waals surface area contributed by atoms with Crippen LogP contribution in [0.25, 0.3) is 28.0 Å². The summed E-state index contributed by atoms with van der Waals surface area (Å²) in [7, 11) is 1.99. The van der Waals surface area contributed by atoms with Gasteiger partial charge < -0.3 is 10.2 Å². The van der Waals surface area contributed by atoms with Crippen LogP contribution >= 0.6 is 11.3 Å². The second-order valence-electron chi connectivity index (χ2n) is 9.95. The van der Waals surface area contributed by atoms with E-state index in [1.54, 1.807) is 0 Å². The van der Waals surface area contributed by atoms with Crippen LogP contribution in [0.1, 0.15) is 47.6 Å². The fourth-order valence-electron chi connectivity index (χ4n) is 5.15. The van der Waals surface area contributed by atoms with Gasteiger partial charge in [0, 0.05) is 48.2 Å². The van der Waals surface area contributed by atoms with Crippen molar-refractivity contribution in [3.05, 3.63) is 76.9 Å². The monoisotopic (exact) mass is 534 g/mol. The molecular formula is C30H30N8S. The molecule has 0 aliphatic carbocycles. The summed E-state index contributed by atoms with van der Waals surface area (Å²) in [6.07, 6.45) is 8.88. The molecule has 1 aliphatic heterocycles. The molecule has 9 heteroatoms. The maximum absolute atomic E-state index is 9.87. The number of nitriles is 1. The van der Waals surface area contributed by atoms with Crippen molar-refractivity contribution in [3.8, 4) is 28.5 Å². The van der Waals surface area contributed by atoms with Crippen molar-refractivity contribution in [2.24, 2.45) is 0 Å². The normalized spacial score (nSPS) is 14.0. The van der Waals surface area contributed by atoms with Gasteiger partial charge in [0.25, 0.3) is 0 Å². The molecule has 0 atom stereocenters. The van der Waals surface area contributed by atoms with Gasteiger partial charge >= 0.3 is 0 Å². The van der Waals surface area contributed by atoms with E-state index in [4.69, 9.17) is 19.9 Å². The van der Waals surface area contributed by atoms with Gasteiger partial charge in [0.2, 0.25) is 0 Å². The Morgan fingerprint density at radius 2 is 1.74 bits per heavy atom. The third-order valence-corrected chi connectivity index (χ3v) is 8.39. The summed E-state index contributed by atoms with van der Waals surface area (Å²) in [5.74, 6) is 2.29. The van der Waals surface area contributed by atoms with Crippen LogP contribution in [0.15, 0.2) is 55.0 Å². The lowest BCUT2D eigenvalue weighted by molar-refractivity contribution is 0.445. The second kappa shape index (κ2) is 10.6. The highest BCUT2D eigenvalue weighted by atomic mass is 32.1. The van der Waals surface area contributed by atoms with Crippen LogP contribution in [-0.2, 0) is 6.42 Å². The number of hydrogen-bond donors (Lipinski definition) is 1. The molecule has 8 nitrogen and oxygen atoms in total. The molecule has 1 aliphatic rings. The summed E-state index contributed by atoms with van der Waals surface area (Å²) in [5, 5.41) is 14.0. The standard InChI is InChI=1S/C30H30N8S/c1-4-24-29(37(3)30-36-27(25(15-31)39-30)20-7-5-19(2)6-8-20)38-18-22(9-10-26(38)35-24)23-16-33-28(34-17-23)21-11-13-32-14-12-21/h5-10,16-18,21,32H,4,11-14H2,1-3H3. The number of fused-ring (bicyclic) bond motifs is 1. The third-order valence-electron chi connectivity index (χ3n) is 7.35. The molecule has 1 fully saturated rings. The first-order valence-corrected chi connectivity index (χ1v) is 14.1. The molecule has 5 aromatic rings. The lowest BCUT2D eigenvalue weighted by Gasteiger charge is -2.21. The minimum Gasteiger partial charge on any atom is -0.317 e. The summed E-state index contributed by atoms with van der Waals surface area (Å²) in [4.78, 5) is 21.9. The van der Waals surface area contributed by atoms with Crippen LogP contribution in [0.2, 0.25) is 0 Å². The molecule has 0 unspecified atom stereocenters. The summed E-state index contributed by atoms with van der Waals surface area (Å²) >= 11 is 1.40. The summed E-state index contributed by atoms with van der Waals surface area (Å²) in [6, 6.07) is 14.6. The minimum atomic E-state index is 0.421. The van der Waals surface area contributed by atoms with Gasteiger partial charge in [0.1, 0.15) is 33.9 Å². The van der Waals surface area contributed by atoms with Crippen molar-refractivity contribution < 1.29 is 0 Å². The van der Waals surface area contributed by atoms with Crippen molar-refractivity contribution in [3.63, 3.8) is 0 Å². The molecule has 1 saturated heterocycles. The van der Waals surface area contributed by atoms with Crippen LogP contribution < -0.4 is 10.2 Å². The Labute approximate surface area is 232 Å². The van der Waals surface area contributed by atoms with Crippen molar-refractivity contribution in [2.75, 3.05) is 25.0 Å². The van der Waals surface area contributed by atoms with Crippen molar-refractivity contribution in [1.82, 2.24) is 29.7 Å². The number of aryl methyl sites for hydroxylation is 2. The SMILES string of the molecule is CCc1nc2ccc(-c3cnc(C4CCNCC4)nc3)cn2c1N(C)c1nc(-c2ccc(C)cc2)c(C#N)s1. The molecule has 0 amide bonds. The Balaban J connectivity index is 1.37. The molecular weight excluding hydrogens is 504 g/mol. The number of rotatable bonds is 6. The number of imidazole rings is 1. The molecule has 39 heavy (non-hydrogen) atoms. The molecule has 0 radical (unpaired) electrons. The van der Waals surface area contributed by atoms with Crippen LogP contribution in [0.5, 0.6) is 0 Å². The van der Waals surface area contributed by atoms with Gasteiger partial charge in [-0.05, 0) is 51.4 Å². The van der Waals surface area contributed by atoms with Crippen LogP contribution in [0.4, 0.5) is 10.9 Å². The Morgan fingerprint density at radius 3 is 2.44 bits per heavy atom. The first-order valence-electron chi connectivity index (χ1n) is 13.3. The Morgan fingerprint density at radius 1 is 1.03 bits per heavy atom. The Kier molecular flexibility index (Phi) is 6.81. The molecule has 4 aromatic heterocycles. The second-order valence-corrected chi connectivity index (χ2v) is 10.9. The number of piperidine rings is 1. The van der Waals surface area contributed by atoms with Gasteiger partial charge in [0.05, 0.1) is 5.69 Å². The van der Waals surface area contributed by atoms with Crippen LogP contribution in [0, 0.1) is 18.3 Å². The number of aromatic nitrogens is 5. The quantitative estimate of drug-likeness (QED) is 0.290. The average Bonchev–Trinajstić information content (AvgIpc) is 3.59. The molecule has 1 aromatic carbocycles. The maximum atomic E-state index is 9.87. The predicted molar refractivity (Wildman–Crippen MR) is 156 cm³/mol. The Bertz CT molecular complexity index is 1650. The highest BCUT2D eigenvalue weighted by Crippen LogP contribution is 2.37. The van der Waals surface area contributed by atoms with E-state index < -0.39 is 0 Å². The van der Waals surface area contributed by atoms with Gasteiger partial charge in [-0.3, -0.25) is 4.40 Å². The van der Waals surface area contributed by atoms with E-state index in [1.807, 2.05) is 54.7 Å². The number of nitrogens with one attached hydrogen (secondary N) is 1. The van der Waals surface area contributed by atoms with Gasteiger partial charge in [-0.1, -0.05) is 48.1 Å². The smallest absolute Gasteiger partial charge is 0.192 e. The fraction of sp³-hybridized carbons (Fsp3) is 0.300. The lowest BCUT2D eigenvalue weighted by Crippen LogP contribution is -2.27. The molecule has 196 valence electrons. The van der Waals surface area contributed by atoms with Crippen molar-refractivity contribution >= 4 is 27.9 Å². The number of anilines is 2. The molecule has 5 heterocycles. The first-order chi connectivity index (χ1) is 19.1. The van der Waals surface area contributed by atoms with Gasteiger partial charge in [-0.15, -0.1) is 0 Å². The molecule has 6 rings (SSSR count). The van der Waals surface area contributed by atoms with E-state index in [1.165, 1.54) is 16.9 Å². The summed E-state index contributed by atoms with van der Waals surface area (Å²) in [5.41, 5.74) is 6.65. The average molecular weight is 535 g/mol. The molecule has 0 bridgehead atoms. The topological polar surface area (TPSA) is 95.0 Å². The van der Waals surface area contributed by atoms with E-state index in [0.29, 0.717) is 16.5 Å². The minimum absolute atomic E-state index is 0.421. The predicted octanol–water partition coefficient (Wildman–Crippen LogP) is 5.89.